The van der Waals surface area contributed by atoms with Crippen LogP contribution in [0.1, 0.15) is 20.7 Å². The van der Waals surface area contributed by atoms with E-state index in [1.807, 2.05) is 48.5 Å². The quantitative estimate of drug-likeness (QED) is 0.131. The number of hydrogen-bond acceptors (Lipinski definition) is 11. The van der Waals surface area contributed by atoms with Crippen LogP contribution in [0.15, 0.2) is 84.9 Å². The lowest BCUT2D eigenvalue weighted by atomic mass is 9.96. The summed E-state index contributed by atoms with van der Waals surface area (Å²) in [5, 5.41) is 73.2. The van der Waals surface area contributed by atoms with Gasteiger partial charge in [-0.05, 0) is 45.8 Å². The number of amides is 2. The molecule has 12 nitrogen and oxygen atoms in total. The van der Waals surface area contributed by atoms with Crippen molar-refractivity contribution in [3.63, 3.8) is 0 Å². The Hall–Kier alpha value is -3.63. The zero-order chi connectivity index (χ0) is 33.2. The van der Waals surface area contributed by atoms with Gasteiger partial charge in [-0.25, -0.2) is 0 Å². The van der Waals surface area contributed by atoms with Crippen molar-refractivity contribution >= 4 is 45.1 Å². The molecule has 13 heteroatoms. The second-order valence-corrected chi connectivity index (χ2v) is 12.9. The fourth-order valence-corrected chi connectivity index (χ4v) is 7.34. The van der Waals surface area contributed by atoms with Crippen molar-refractivity contribution < 1.29 is 49.7 Å². The van der Waals surface area contributed by atoms with Crippen molar-refractivity contribution in [1.82, 2.24) is 10.6 Å². The minimum absolute atomic E-state index is 0.287. The molecule has 0 spiro atoms. The van der Waals surface area contributed by atoms with Gasteiger partial charge in [-0.2, -0.15) is 0 Å². The van der Waals surface area contributed by atoms with Crippen LogP contribution < -0.4 is 10.6 Å². The molecule has 6 rings (SSSR count). The first kappa shape index (κ1) is 33.3. The number of carbonyl (C=O) groups is 2. The van der Waals surface area contributed by atoms with Crippen LogP contribution in [0, 0.1) is 0 Å². The molecule has 0 saturated carbocycles. The number of aliphatic hydroxyl groups excluding tert-OH is 6. The van der Waals surface area contributed by atoms with Crippen LogP contribution >= 0.6 is 11.8 Å². The summed E-state index contributed by atoms with van der Waals surface area (Å²) in [6.45, 7) is -1.30. The van der Waals surface area contributed by atoms with Gasteiger partial charge in [-0.15, -0.1) is 0 Å². The summed E-state index contributed by atoms with van der Waals surface area (Å²) in [5.74, 6) is -1.15. The summed E-state index contributed by atoms with van der Waals surface area (Å²) in [6.07, 6.45) is -8.53. The Morgan fingerprint density at radius 3 is 1.34 bits per heavy atom. The predicted octanol–water partition coefficient (Wildman–Crippen LogP) is 0.501. The maximum absolute atomic E-state index is 13.2. The molecule has 0 bridgehead atoms. The molecule has 47 heavy (non-hydrogen) atoms. The van der Waals surface area contributed by atoms with Crippen LogP contribution in [0.2, 0.25) is 0 Å². The van der Waals surface area contributed by atoms with E-state index in [2.05, 4.69) is 10.6 Å². The van der Waals surface area contributed by atoms with E-state index in [-0.39, 0.29) is 11.1 Å². The van der Waals surface area contributed by atoms with Crippen LogP contribution in [0.25, 0.3) is 21.5 Å². The van der Waals surface area contributed by atoms with E-state index >= 15 is 0 Å². The van der Waals surface area contributed by atoms with Gasteiger partial charge in [-0.1, -0.05) is 72.4 Å². The molecule has 10 atom stereocenters. The van der Waals surface area contributed by atoms with Crippen molar-refractivity contribution in [2.75, 3.05) is 13.2 Å². The highest BCUT2D eigenvalue weighted by Gasteiger charge is 2.50. The Kier molecular flexibility index (Phi) is 10.1. The zero-order valence-electron chi connectivity index (χ0n) is 25.0. The molecule has 2 fully saturated rings. The van der Waals surface area contributed by atoms with Gasteiger partial charge in [0.05, 0.1) is 25.3 Å². The van der Waals surface area contributed by atoms with Gasteiger partial charge < -0.3 is 50.7 Å². The third kappa shape index (κ3) is 6.85. The fraction of sp³-hybridized carbons (Fsp3) is 0.353. The van der Waals surface area contributed by atoms with Crippen LogP contribution in [0.5, 0.6) is 0 Å². The highest BCUT2D eigenvalue weighted by atomic mass is 32.2. The number of hydrogen-bond donors (Lipinski definition) is 8. The summed E-state index contributed by atoms with van der Waals surface area (Å²) >= 11 is 0.766. The van der Waals surface area contributed by atoms with Crippen molar-refractivity contribution in [2.24, 2.45) is 0 Å². The minimum Gasteiger partial charge on any atom is -0.394 e. The molecule has 248 valence electrons. The first-order valence-corrected chi connectivity index (χ1v) is 16.1. The molecule has 2 heterocycles. The van der Waals surface area contributed by atoms with Gasteiger partial charge in [0, 0.05) is 11.1 Å². The normalized spacial score (nSPS) is 31.0. The molecular weight excluding hydrogens is 628 g/mol. The third-order valence-corrected chi connectivity index (χ3v) is 9.97. The number of carbonyl (C=O) groups excluding carboxylic acids is 2. The maximum atomic E-state index is 13.2. The van der Waals surface area contributed by atoms with Gasteiger partial charge in [0.2, 0.25) is 0 Å². The second-order valence-electron chi connectivity index (χ2n) is 11.7. The van der Waals surface area contributed by atoms with Gasteiger partial charge in [-0.3, -0.25) is 9.59 Å². The average molecular weight is 665 g/mol. The van der Waals surface area contributed by atoms with Crippen molar-refractivity contribution in [3.05, 3.63) is 96.1 Å². The van der Waals surface area contributed by atoms with Gasteiger partial charge in [0.1, 0.15) is 47.5 Å². The lowest BCUT2D eigenvalue weighted by molar-refractivity contribution is -0.175. The topological polar surface area (TPSA) is 198 Å². The van der Waals surface area contributed by atoms with Crippen LogP contribution in [-0.2, 0) is 9.47 Å². The van der Waals surface area contributed by atoms with Gasteiger partial charge in [0.15, 0.2) is 0 Å². The molecule has 2 amide bonds. The summed E-state index contributed by atoms with van der Waals surface area (Å²) in [4.78, 5) is 26.5. The van der Waals surface area contributed by atoms with Crippen molar-refractivity contribution in [2.45, 2.75) is 59.6 Å². The number of fused-ring (bicyclic) bond motifs is 2. The summed E-state index contributed by atoms with van der Waals surface area (Å²) in [6, 6.07) is 22.5. The molecule has 4 unspecified atom stereocenters. The summed E-state index contributed by atoms with van der Waals surface area (Å²) in [7, 11) is 0. The minimum atomic E-state index is -1.55. The first-order valence-electron chi connectivity index (χ1n) is 15.2. The lowest BCUT2D eigenvalue weighted by Crippen LogP contribution is -2.66. The smallest absolute Gasteiger partial charge is 0.251 e. The summed E-state index contributed by atoms with van der Waals surface area (Å²) in [5.41, 5.74) is -1.95. The third-order valence-electron chi connectivity index (χ3n) is 8.66. The predicted molar refractivity (Wildman–Crippen MR) is 174 cm³/mol. The molecule has 4 aromatic carbocycles. The van der Waals surface area contributed by atoms with E-state index in [1.54, 1.807) is 36.4 Å². The molecule has 0 aromatic heterocycles. The van der Waals surface area contributed by atoms with E-state index in [9.17, 15) is 40.2 Å². The Morgan fingerprint density at radius 2 is 0.957 bits per heavy atom. The summed E-state index contributed by atoms with van der Waals surface area (Å²) < 4.78 is 11.5. The number of ether oxygens (including phenoxy) is 2. The number of nitrogens with one attached hydrogen (secondary N) is 2. The van der Waals surface area contributed by atoms with E-state index in [4.69, 9.17) is 9.47 Å². The van der Waals surface area contributed by atoms with E-state index < -0.39 is 84.6 Å². The SMILES string of the molecule is O=C(NC1C(O)C(SC2O[C@@H](CO)[C@H](O)[C@H](NC(=O)c3ccc4ccccc4c3)[C@H]2O)O[C@H](CO)[C@@H]1O)c1ccc2ccccc2c1. The highest BCUT2D eigenvalue weighted by Crippen LogP contribution is 2.37. The number of aliphatic hydroxyl groups is 6. The Labute approximate surface area is 273 Å². The molecule has 0 aliphatic carbocycles. The van der Waals surface area contributed by atoms with Crippen molar-refractivity contribution in [3.8, 4) is 0 Å². The van der Waals surface area contributed by atoms with Crippen LogP contribution in [0.3, 0.4) is 0 Å². The van der Waals surface area contributed by atoms with Crippen LogP contribution in [-0.4, -0.2) is 115 Å². The Morgan fingerprint density at radius 1 is 0.574 bits per heavy atom. The van der Waals surface area contributed by atoms with Crippen LogP contribution in [0.4, 0.5) is 0 Å². The lowest BCUT2D eigenvalue weighted by Gasteiger charge is -2.46. The standard InChI is InChI=1S/C34H36N2O10S/c37-15-23-27(39)25(35-31(43)21-11-9-17-5-1-3-7-19(17)13-21)29(41)33(45-23)47-34-30(42)26(28(40)24(16-38)46-34)36-32(44)22-12-10-18-6-2-4-8-20(18)14-22/h1-14,23-30,33-34,37-42H,15-16H2,(H,35,43)(H,36,44)/t23-,24+,25-,26?,27-,28-,29+,30?,33?,34?/m0/s1. The molecular formula is C34H36N2O10S. The molecule has 2 aliphatic rings. The van der Waals surface area contributed by atoms with Gasteiger partial charge in [0.25, 0.3) is 11.8 Å². The van der Waals surface area contributed by atoms with E-state index in [0.29, 0.717) is 0 Å². The van der Waals surface area contributed by atoms with Crippen molar-refractivity contribution in [1.29, 1.82) is 0 Å². The average Bonchev–Trinajstić information content (AvgIpc) is 3.10. The Bertz CT molecular complexity index is 1620. The van der Waals surface area contributed by atoms with Gasteiger partial charge >= 0.3 is 0 Å². The molecule has 2 saturated heterocycles. The maximum Gasteiger partial charge on any atom is 0.251 e. The molecule has 4 aromatic rings. The number of thioether (sulfide) groups is 1. The number of benzene rings is 4. The molecule has 2 aliphatic heterocycles. The zero-order valence-corrected chi connectivity index (χ0v) is 25.8. The first-order chi connectivity index (χ1) is 22.7. The van der Waals surface area contributed by atoms with E-state index in [0.717, 1.165) is 33.3 Å². The monoisotopic (exact) mass is 664 g/mol. The molecule has 8 N–H and O–H groups in total. The number of rotatable bonds is 8. The largest absolute Gasteiger partial charge is 0.394 e. The Balaban J connectivity index is 1.18. The highest BCUT2D eigenvalue weighted by molar-refractivity contribution is 8.00. The molecule has 0 radical (unpaired) electrons. The fourth-order valence-electron chi connectivity index (χ4n) is 6.00. The second kappa shape index (κ2) is 14.2. The van der Waals surface area contributed by atoms with E-state index in [1.165, 1.54) is 0 Å².